The van der Waals surface area contributed by atoms with Crippen molar-refractivity contribution >= 4 is 22.3 Å². The molecule has 0 radical (unpaired) electrons. The van der Waals surface area contributed by atoms with Gasteiger partial charge in [-0.3, -0.25) is 0 Å². The van der Waals surface area contributed by atoms with Gasteiger partial charge in [-0.25, -0.2) is 4.79 Å². The van der Waals surface area contributed by atoms with Crippen molar-refractivity contribution in [3.8, 4) is 0 Å². The van der Waals surface area contributed by atoms with Gasteiger partial charge in [-0.1, -0.05) is 11.3 Å². The molecule has 0 bridgehead atoms. The molecule has 0 saturated carbocycles. The summed E-state index contributed by atoms with van der Waals surface area (Å²) in [6, 6.07) is -0.00719. The van der Waals surface area contributed by atoms with Crippen LogP contribution in [-0.2, 0) is 6.42 Å². The lowest BCUT2D eigenvalue weighted by atomic mass is 10.4. The molecule has 0 aliphatic carbocycles. The molecule has 0 unspecified atom stereocenters. The quantitative estimate of drug-likeness (QED) is 0.829. The van der Waals surface area contributed by atoms with Gasteiger partial charge in [-0.15, -0.1) is 10.2 Å². The summed E-state index contributed by atoms with van der Waals surface area (Å²) >= 11 is 1.48. The lowest BCUT2D eigenvalue weighted by Crippen LogP contribution is -2.40. The number of carbonyl (C=O) groups excluding carboxylic acids is 1. The van der Waals surface area contributed by atoms with Gasteiger partial charge in [0, 0.05) is 19.0 Å². The van der Waals surface area contributed by atoms with Crippen LogP contribution in [0.15, 0.2) is 6.33 Å². The van der Waals surface area contributed by atoms with E-state index in [2.05, 4.69) is 25.9 Å². The van der Waals surface area contributed by atoms with Gasteiger partial charge in [0.15, 0.2) is 0 Å². The zero-order valence-corrected chi connectivity index (χ0v) is 10.5. The van der Waals surface area contributed by atoms with Crippen LogP contribution in [0.1, 0.15) is 18.9 Å². The number of hydrogen-bond donors (Lipinski definition) is 2. The second-order valence-electron chi connectivity index (χ2n) is 3.86. The molecular weight excluding hydrogens is 240 g/mol. The van der Waals surface area contributed by atoms with E-state index in [9.17, 15) is 4.79 Å². The minimum Gasteiger partial charge on any atom is -0.338 e. The number of nitrogens with zero attached hydrogens (tertiary/aromatic N) is 4. The van der Waals surface area contributed by atoms with E-state index in [4.69, 9.17) is 0 Å². The first kappa shape index (κ1) is 11.8. The average Bonchev–Trinajstić information content (AvgIpc) is 2.76. The molecule has 0 spiro atoms. The minimum absolute atomic E-state index is 0.143. The van der Waals surface area contributed by atoms with Crippen LogP contribution in [0.3, 0.4) is 0 Å². The highest BCUT2D eigenvalue weighted by Crippen LogP contribution is 2.11. The van der Waals surface area contributed by atoms with Crippen molar-refractivity contribution in [3.05, 3.63) is 11.3 Å². The SMILES string of the molecule is CC(C)NC(=O)NCCc1nn2cnnc2s1. The molecule has 2 amide bonds. The Hall–Kier alpha value is -1.70. The molecule has 2 aromatic rings. The third-order valence-corrected chi connectivity index (χ3v) is 2.95. The highest BCUT2D eigenvalue weighted by molar-refractivity contribution is 7.16. The highest BCUT2D eigenvalue weighted by atomic mass is 32.1. The fraction of sp³-hybridized carbons (Fsp3) is 0.556. The second kappa shape index (κ2) is 5.09. The van der Waals surface area contributed by atoms with E-state index in [0.29, 0.717) is 13.0 Å². The Morgan fingerprint density at radius 1 is 1.59 bits per heavy atom. The van der Waals surface area contributed by atoms with Gasteiger partial charge in [0.2, 0.25) is 4.96 Å². The Balaban J connectivity index is 1.79. The van der Waals surface area contributed by atoms with Crippen molar-refractivity contribution in [1.29, 1.82) is 0 Å². The van der Waals surface area contributed by atoms with E-state index in [1.54, 1.807) is 10.8 Å². The summed E-state index contributed by atoms with van der Waals surface area (Å²) in [7, 11) is 0. The molecule has 0 aromatic carbocycles. The predicted molar refractivity (Wildman–Crippen MR) is 64.0 cm³/mol. The maximum atomic E-state index is 11.3. The second-order valence-corrected chi connectivity index (χ2v) is 4.90. The van der Waals surface area contributed by atoms with Crippen LogP contribution in [0.25, 0.3) is 4.96 Å². The van der Waals surface area contributed by atoms with Gasteiger partial charge in [0.1, 0.15) is 11.3 Å². The maximum absolute atomic E-state index is 11.3. The van der Waals surface area contributed by atoms with Crippen LogP contribution in [-0.4, -0.2) is 38.4 Å². The smallest absolute Gasteiger partial charge is 0.314 e. The summed E-state index contributed by atoms with van der Waals surface area (Å²) in [5, 5.41) is 18.3. The molecule has 17 heavy (non-hydrogen) atoms. The number of aromatic nitrogens is 4. The van der Waals surface area contributed by atoms with Crippen LogP contribution in [0.2, 0.25) is 0 Å². The standard InChI is InChI=1S/C9H14N6OS/c1-6(2)12-8(16)10-4-3-7-14-15-5-11-13-9(15)17-7/h5-6H,3-4H2,1-2H3,(H2,10,12,16). The number of rotatable bonds is 4. The van der Waals surface area contributed by atoms with E-state index in [-0.39, 0.29) is 12.1 Å². The van der Waals surface area contributed by atoms with E-state index in [1.807, 2.05) is 13.8 Å². The van der Waals surface area contributed by atoms with Crippen LogP contribution < -0.4 is 10.6 Å². The fourth-order valence-electron chi connectivity index (χ4n) is 1.30. The van der Waals surface area contributed by atoms with Crippen molar-refractivity contribution in [1.82, 2.24) is 30.4 Å². The van der Waals surface area contributed by atoms with Crippen LogP contribution >= 0.6 is 11.3 Å². The summed E-state index contributed by atoms with van der Waals surface area (Å²) in [6.07, 6.45) is 2.26. The summed E-state index contributed by atoms with van der Waals surface area (Å²) in [5.41, 5.74) is 0. The van der Waals surface area contributed by atoms with Crippen molar-refractivity contribution in [3.63, 3.8) is 0 Å². The number of amides is 2. The maximum Gasteiger partial charge on any atom is 0.314 e. The average molecular weight is 254 g/mol. The molecular formula is C9H14N6OS. The number of hydrogen-bond acceptors (Lipinski definition) is 5. The van der Waals surface area contributed by atoms with Crippen LogP contribution in [0.5, 0.6) is 0 Å². The van der Waals surface area contributed by atoms with Crippen molar-refractivity contribution < 1.29 is 4.79 Å². The van der Waals surface area contributed by atoms with Crippen LogP contribution in [0.4, 0.5) is 4.79 Å². The van der Waals surface area contributed by atoms with Crippen LogP contribution in [0, 0.1) is 0 Å². The molecule has 0 fully saturated rings. The minimum atomic E-state index is -0.150. The Morgan fingerprint density at radius 3 is 3.12 bits per heavy atom. The van der Waals surface area contributed by atoms with Crippen molar-refractivity contribution in [2.75, 3.05) is 6.54 Å². The van der Waals surface area contributed by atoms with Gasteiger partial charge in [0.05, 0.1) is 0 Å². The molecule has 2 N–H and O–H groups in total. The molecule has 2 heterocycles. The number of urea groups is 1. The van der Waals surface area contributed by atoms with Gasteiger partial charge in [-0.05, 0) is 13.8 Å². The Morgan fingerprint density at radius 2 is 2.41 bits per heavy atom. The molecule has 92 valence electrons. The lowest BCUT2D eigenvalue weighted by molar-refractivity contribution is 0.238. The third kappa shape index (κ3) is 3.13. The van der Waals surface area contributed by atoms with Gasteiger partial charge in [0.25, 0.3) is 0 Å². The molecule has 2 rings (SSSR count). The van der Waals surface area contributed by atoms with E-state index >= 15 is 0 Å². The topological polar surface area (TPSA) is 84.2 Å². The van der Waals surface area contributed by atoms with Crippen molar-refractivity contribution in [2.45, 2.75) is 26.3 Å². The molecule has 2 aromatic heterocycles. The Bertz CT molecular complexity index is 476. The first-order chi connectivity index (χ1) is 8.15. The normalized spacial score (nSPS) is 11.0. The van der Waals surface area contributed by atoms with E-state index in [1.165, 1.54) is 11.3 Å². The lowest BCUT2D eigenvalue weighted by Gasteiger charge is -2.08. The summed E-state index contributed by atoms with van der Waals surface area (Å²) in [6.45, 7) is 4.40. The highest BCUT2D eigenvalue weighted by Gasteiger charge is 2.06. The molecule has 0 aliphatic heterocycles. The first-order valence-electron chi connectivity index (χ1n) is 5.35. The molecule has 0 atom stereocenters. The largest absolute Gasteiger partial charge is 0.338 e. The summed E-state index contributed by atoms with van der Waals surface area (Å²) < 4.78 is 1.63. The number of fused-ring (bicyclic) bond motifs is 1. The Kier molecular flexibility index (Phi) is 3.52. The predicted octanol–water partition coefficient (Wildman–Crippen LogP) is 0.436. The molecule has 0 aliphatic rings. The molecule has 0 saturated heterocycles. The Labute approximate surface area is 102 Å². The van der Waals surface area contributed by atoms with Gasteiger partial charge >= 0.3 is 6.03 Å². The van der Waals surface area contributed by atoms with E-state index in [0.717, 1.165) is 9.97 Å². The summed E-state index contributed by atoms with van der Waals surface area (Å²) in [5.74, 6) is 0. The zero-order valence-electron chi connectivity index (χ0n) is 9.67. The van der Waals surface area contributed by atoms with Gasteiger partial charge in [-0.2, -0.15) is 9.61 Å². The molecule has 8 heteroatoms. The zero-order chi connectivity index (χ0) is 12.3. The van der Waals surface area contributed by atoms with E-state index < -0.39 is 0 Å². The number of nitrogens with one attached hydrogen (secondary N) is 2. The molecule has 7 nitrogen and oxygen atoms in total. The fourth-order valence-corrected chi connectivity index (χ4v) is 2.11. The monoisotopic (exact) mass is 254 g/mol. The van der Waals surface area contributed by atoms with Gasteiger partial charge < -0.3 is 10.6 Å². The van der Waals surface area contributed by atoms with Crippen molar-refractivity contribution in [2.24, 2.45) is 0 Å². The third-order valence-electron chi connectivity index (χ3n) is 1.97. The summed E-state index contributed by atoms with van der Waals surface area (Å²) in [4.78, 5) is 12.1. The number of carbonyl (C=O) groups is 1. The first-order valence-corrected chi connectivity index (χ1v) is 6.17.